The zero-order chi connectivity index (χ0) is 31.0. The number of nitrogen functional groups attached to an aromatic ring is 2. The summed E-state index contributed by atoms with van der Waals surface area (Å²) in [6.45, 7) is -8.72. The van der Waals surface area contributed by atoms with Gasteiger partial charge < -0.3 is 49.6 Å². The number of rotatable bonds is 2. The van der Waals surface area contributed by atoms with Crippen LogP contribution >= 0.6 is 13.2 Å². The Balaban J connectivity index is 1.20. The van der Waals surface area contributed by atoms with Crippen LogP contribution < -0.4 is 11.5 Å². The highest BCUT2D eigenvalue weighted by molar-refractivity contribution is 8.09. The van der Waals surface area contributed by atoms with Crippen LogP contribution in [0.3, 0.4) is 0 Å². The lowest BCUT2D eigenvalue weighted by Gasteiger charge is -2.27. The Bertz CT molecular complexity index is 1840. The van der Waals surface area contributed by atoms with Gasteiger partial charge in [0.2, 0.25) is 6.49 Å². The van der Waals surface area contributed by atoms with Gasteiger partial charge >= 0.3 is 6.72 Å². The number of aromatic nitrogens is 8. The van der Waals surface area contributed by atoms with E-state index in [1.165, 1.54) is 34.4 Å². The maximum Gasteiger partial charge on any atom is 0.325 e. The molecular formula is C20H23FN10O9P2S2. The minimum atomic E-state index is -4.22. The second kappa shape index (κ2) is 11.1. The van der Waals surface area contributed by atoms with Gasteiger partial charge in [-0.3, -0.25) is 13.7 Å². The summed E-state index contributed by atoms with van der Waals surface area (Å²) in [5.74, 6) is 0.158. The molecule has 7 N–H and O–H groups in total. The molecule has 3 aliphatic rings. The smallest absolute Gasteiger partial charge is 0.325 e. The molecule has 0 spiro atoms. The zero-order valence-electron chi connectivity index (χ0n) is 22.0. The first-order valence-electron chi connectivity index (χ1n) is 12.7. The van der Waals surface area contributed by atoms with Crippen molar-refractivity contribution in [2.75, 3.05) is 24.4 Å². The quantitative estimate of drug-likeness (QED) is 0.167. The minimum Gasteiger partial charge on any atom is -0.385 e. The fraction of sp³-hybridized carbons (Fsp3) is 0.500. The fourth-order valence-corrected chi connectivity index (χ4v) is 8.05. The van der Waals surface area contributed by atoms with Crippen LogP contribution in [0.4, 0.5) is 16.0 Å². The van der Waals surface area contributed by atoms with Crippen molar-refractivity contribution < 1.29 is 47.1 Å². The molecule has 3 saturated heterocycles. The Morgan fingerprint density at radius 1 is 0.864 bits per heavy atom. The second-order valence-electron chi connectivity index (χ2n) is 9.90. The third-order valence-electron chi connectivity index (χ3n) is 7.10. The number of hydrogen-bond acceptors (Lipinski definition) is 17. The summed E-state index contributed by atoms with van der Waals surface area (Å²) in [7, 11) is 0. The molecule has 24 heteroatoms. The highest BCUT2D eigenvalue weighted by Crippen LogP contribution is 2.54. The summed E-state index contributed by atoms with van der Waals surface area (Å²) >= 11 is 10.5. The van der Waals surface area contributed by atoms with E-state index >= 15 is 4.39 Å². The Hall–Kier alpha value is -2.43. The number of aliphatic hydroxyl groups excluding tert-OH is 1. The maximum atomic E-state index is 16.0. The SMILES string of the molecule is Nc1ncnc2c1ncn2[C@@H]1O[C@@H]2COP(O)(=S)O[C@@H]3[C@H](O)[C@@H](OCP(O)(=S)O[C@H]2[C@H]1F)O[C@H]3n1cnc2c(N)ncnc21. The molecule has 2 unspecified atom stereocenters. The van der Waals surface area contributed by atoms with E-state index < -0.39 is 75.5 Å². The van der Waals surface area contributed by atoms with Crippen LogP contribution in [0.1, 0.15) is 12.5 Å². The number of imidazole rings is 2. The maximum absolute atomic E-state index is 16.0. The van der Waals surface area contributed by atoms with Gasteiger partial charge in [-0.25, -0.2) is 34.3 Å². The number of ether oxygens (including phenoxy) is 3. The molecule has 0 aromatic carbocycles. The highest BCUT2D eigenvalue weighted by atomic mass is 32.5. The van der Waals surface area contributed by atoms with Gasteiger partial charge in [-0.1, -0.05) is 0 Å². The summed E-state index contributed by atoms with van der Waals surface area (Å²) < 4.78 is 53.1. The van der Waals surface area contributed by atoms with Gasteiger partial charge in [-0.2, -0.15) is 0 Å². The lowest BCUT2D eigenvalue weighted by molar-refractivity contribution is -0.167. The molecular weight excluding hydrogens is 669 g/mol. The lowest BCUT2D eigenvalue weighted by Crippen LogP contribution is -2.35. The van der Waals surface area contributed by atoms with E-state index in [0.29, 0.717) is 0 Å². The first-order valence-corrected chi connectivity index (χ1v) is 18.1. The van der Waals surface area contributed by atoms with Gasteiger partial charge in [0.1, 0.15) is 54.5 Å². The average Bonchev–Trinajstić information content (AvgIpc) is 3.73. The number of nitrogens with two attached hydrogens (primary N) is 2. The largest absolute Gasteiger partial charge is 0.385 e. The standard InChI is InChI=1S/C20H23FN10O9P2S2/c21-8-12-7(37-18(8)30-4-28-9-14(22)24-2-26-16(9)30)1-36-42(34,44)40-13-11(32)20(35-6-41(33,43)39-12)38-19(13)31-5-29-10-15(23)25-3-27-17(10)31/h2-5,7-8,11-13,18-20,32H,1,6H2,(H,33,43)(H,34,44)(H2,22,24,26)(H2,23,25,27)/t7-,8-,11+,12-,13-,18-,19-,20+,41?,42?/m1/s1. The van der Waals surface area contributed by atoms with Crippen molar-refractivity contribution in [3.63, 3.8) is 0 Å². The molecule has 7 rings (SSSR count). The molecule has 0 amide bonds. The first-order chi connectivity index (χ1) is 20.9. The van der Waals surface area contributed by atoms with Crippen LogP contribution in [0.5, 0.6) is 0 Å². The van der Waals surface area contributed by atoms with Crippen molar-refractivity contribution in [3.8, 4) is 0 Å². The molecule has 7 heterocycles. The van der Waals surface area contributed by atoms with E-state index in [9.17, 15) is 14.9 Å². The van der Waals surface area contributed by atoms with Crippen LogP contribution in [0.2, 0.25) is 0 Å². The highest BCUT2D eigenvalue weighted by Gasteiger charge is 2.53. The predicted octanol–water partition coefficient (Wildman–Crippen LogP) is -0.425. The number of aliphatic hydroxyl groups is 1. The van der Waals surface area contributed by atoms with E-state index in [-0.39, 0.29) is 34.0 Å². The van der Waals surface area contributed by atoms with Crippen molar-refractivity contribution >= 4 is 70.8 Å². The van der Waals surface area contributed by atoms with Gasteiger partial charge in [-0.15, -0.1) is 0 Å². The van der Waals surface area contributed by atoms with E-state index in [1.807, 2.05) is 0 Å². The van der Waals surface area contributed by atoms with E-state index in [4.69, 9.17) is 62.9 Å². The number of anilines is 2. The van der Waals surface area contributed by atoms with Crippen molar-refractivity contribution in [1.29, 1.82) is 0 Å². The number of nitrogens with zero attached hydrogens (tertiary/aromatic N) is 8. The van der Waals surface area contributed by atoms with E-state index in [0.717, 1.165) is 0 Å². The summed E-state index contributed by atoms with van der Waals surface area (Å²) in [4.78, 5) is 46.4. The Morgan fingerprint density at radius 2 is 1.48 bits per heavy atom. The molecule has 4 aromatic heterocycles. The number of halogens is 1. The third kappa shape index (κ3) is 5.28. The van der Waals surface area contributed by atoms with Crippen molar-refractivity contribution in [2.24, 2.45) is 0 Å². The summed E-state index contributed by atoms with van der Waals surface area (Å²) in [5.41, 5.74) is 12.6. The topological polar surface area (TPSA) is 255 Å². The monoisotopic (exact) mass is 692 g/mol. The zero-order valence-corrected chi connectivity index (χ0v) is 25.4. The van der Waals surface area contributed by atoms with E-state index in [2.05, 4.69) is 29.9 Å². The number of fused-ring (bicyclic) bond motifs is 5. The summed E-state index contributed by atoms with van der Waals surface area (Å²) in [6, 6.07) is 0. The lowest BCUT2D eigenvalue weighted by atomic mass is 10.1. The Labute approximate surface area is 255 Å². The fourth-order valence-electron chi connectivity index (χ4n) is 5.13. The normalized spacial score (nSPS) is 38.3. The second-order valence-corrected chi connectivity index (χ2v) is 16.1. The van der Waals surface area contributed by atoms with Crippen LogP contribution in [0.25, 0.3) is 22.3 Å². The molecule has 4 aromatic rings. The average molecular weight is 693 g/mol. The molecule has 10 atom stereocenters. The molecule has 2 bridgehead atoms. The van der Waals surface area contributed by atoms with Crippen LogP contribution in [-0.2, 0) is 51.4 Å². The first kappa shape index (κ1) is 30.2. The van der Waals surface area contributed by atoms with Crippen LogP contribution in [-0.4, -0.2) is 104 Å². The summed E-state index contributed by atoms with van der Waals surface area (Å²) in [6.07, 6.45) is -7.57. The molecule has 3 fully saturated rings. The molecule has 0 aliphatic carbocycles. The van der Waals surface area contributed by atoms with E-state index in [1.54, 1.807) is 0 Å². The van der Waals surface area contributed by atoms with Crippen molar-refractivity contribution in [1.82, 2.24) is 39.0 Å². The number of hydrogen-bond donors (Lipinski definition) is 5. The van der Waals surface area contributed by atoms with Gasteiger partial charge in [0.05, 0.1) is 19.3 Å². The molecule has 0 radical (unpaired) electrons. The van der Waals surface area contributed by atoms with Crippen molar-refractivity contribution in [3.05, 3.63) is 25.3 Å². The molecule has 0 saturated carbocycles. The Kier molecular flexibility index (Phi) is 7.64. The Morgan fingerprint density at radius 3 is 2.11 bits per heavy atom. The van der Waals surface area contributed by atoms with Gasteiger partial charge in [0.25, 0.3) is 0 Å². The van der Waals surface area contributed by atoms with Gasteiger partial charge in [0, 0.05) is 0 Å². The number of alkyl halides is 1. The van der Waals surface area contributed by atoms with Gasteiger partial charge in [0.15, 0.2) is 47.8 Å². The molecule has 44 heavy (non-hydrogen) atoms. The molecule has 3 aliphatic heterocycles. The van der Waals surface area contributed by atoms with Crippen LogP contribution in [0, 0.1) is 0 Å². The molecule has 19 nitrogen and oxygen atoms in total. The predicted molar refractivity (Wildman–Crippen MR) is 153 cm³/mol. The molecule has 236 valence electrons. The third-order valence-corrected chi connectivity index (χ3v) is 10.3. The van der Waals surface area contributed by atoms with Crippen LogP contribution in [0.15, 0.2) is 25.3 Å². The minimum absolute atomic E-state index is 0.0716. The summed E-state index contributed by atoms with van der Waals surface area (Å²) in [5, 5.41) is 11.1. The van der Waals surface area contributed by atoms with Crippen molar-refractivity contribution in [2.45, 2.75) is 49.3 Å². The van der Waals surface area contributed by atoms with Gasteiger partial charge in [-0.05, 0) is 23.6 Å².